The van der Waals surface area contributed by atoms with E-state index in [4.69, 9.17) is 0 Å². The molecule has 3 rings (SSSR count). The Morgan fingerprint density at radius 1 is 0.952 bits per heavy atom. The lowest BCUT2D eigenvalue weighted by molar-refractivity contribution is 0.693. The van der Waals surface area contributed by atoms with Crippen LogP contribution in [0.1, 0.15) is 16.7 Å². The van der Waals surface area contributed by atoms with Gasteiger partial charge in [0, 0.05) is 29.1 Å². The minimum absolute atomic E-state index is 0.815. The van der Waals surface area contributed by atoms with E-state index in [1.54, 1.807) is 0 Å². The molecule has 0 saturated carbocycles. The molecule has 2 aromatic carbocycles. The second-order valence-electron chi connectivity index (χ2n) is 5.14. The topological polar surface area (TPSA) is 24.9 Å². The van der Waals surface area contributed by atoms with E-state index >= 15 is 0 Å². The predicted octanol–water partition coefficient (Wildman–Crippen LogP) is 4.60. The molecule has 0 aliphatic rings. The smallest absolute Gasteiger partial charge is 0.0758 e. The Hall–Kier alpha value is -1.71. The molecule has 0 saturated heterocycles. The standard InChI is InChI=1S/C18H17BrN2/c1-13-5-2-3-6-14(13)11-20-12-15-8-9-17(19)16-7-4-10-21-18(15)16/h2-10,20H,11-12H2,1H3. The summed E-state index contributed by atoms with van der Waals surface area (Å²) < 4.78 is 1.09. The van der Waals surface area contributed by atoms with Crippen LogP contribution in [0.15, 0.2) is 59.2 Å². The fourth-order valence-corrected chi connectivity index (χ4v) is 2.93. The molecule has 0 aliphatic heterocycles. The van der Waals surface area contributed by atoms with Crippen LogP contribution in [0.5, 0.6) is 0 Å². The Bertz CT molecular complexity index is 768. The van der Waals surface area contributed by atoms with Gasteiger partial charge < -0.3 is 5.32 Å². The molecule has 0 spiro atoms. The normalized spacial score (nSPS) is 11.0. The summed E-state index contributed by atoms with van der Waals surface area (Å²) in [4.78, 5) is 4.52. The number of fused-ring (bicyclic) bond motifs is 1. The van der Waals surface area contributed by atoms with Crippen LogP contribution in [0.2, 0.25) is 0 Å². The second-order valence-corrected chi connectivity index (χ2v) is 5.99. The van der Waals surface area contributed by atoms with Crippen LogP contribution in [0, 0.1) is 6.92 Å². The Morgan fingerprint density at radius 2 is 1.76 bits per heavy atom. The highest BCUT2D eigenvalue weighted by atomic mass is 79.9. The molecule has 0 radical (unpaired) electrons. The summed E-state index contributed by atoms with van der Waals surface area (Å²) in [6.07, 6.45) is 1.85. The van der Waals surface area contributed by atoms with Crippen molar-refractivity contribution in [3.05, 3.63) is 75.9 Å². The molecular weight excluding hydrogens is 324 g/mol. The van der Waals surface area contributed by atoms with Crippen molar-refractivity contribution in [3.8, 4) is 0 Å². The van der Waals surface area contributed by atoms with E-state index < -0.39 is 0 Å². The van der Waals surface area contributed by atoms with Crippen LogP contribution in [0.4, 0.5) is 0 Å². The molecule has 3 heteroatoms. The van der Waals surface area contributed by atoms with Crippen LogP contribution in [-0.2, 0) is 13.1 Å². The highest BCUT2D eigenvalue weighted by Gasteiger charge is 2.05. The van der Waals surface area contributed by atoms with Gasteiger partial charge in [-0.25, -0.2) is 0 Å². The fourth-order valence-electron chi connectivity index (χ4n) is 2.48. The van der Waals surface area contributed by atoms with Crippen molar-refractivity contribution in [1.82, 2.24) is 10.3 Å². The van der Waals surface area contributed by atoms with Crippen molar-refractivity contribution >= 4 is 26.8 Å². The summed E-state index contributed by atoms with van der Waals surface area (Å²) in [6, 6.07) is 16.8. The minimum atomic E-state index is 0.815. The Labute approximate surface area is 133 Å². The summed E-state index contributed by atoms with van der Waals surface area (Å²) in [5, 5.41) is 4.68. The molecule has 0 atom stereocenters. The third-order valence-corrected chi connectivity index (χ3v) is 4.38. The fraction of sp³-hybridized carbons (Fsp3) is 0.167. The molecular formula is C18H17BrN2. The SMILES string of the molecule is Cc1ccccc1CNCc1ccc(Br)c2cccnc12. The maximum absolute atomic E-state index is 4.52. The van der Waals surface area contributed by atoms with E-state index in [-0.39, 0.29) is 0 Å². The van der Waals surface area contributed by atoms with E-state index in [1.807, 2.05) is 12.3 Å². The molecule has 0 aliphatic carbocycles. The van der Waals surface area contributed by atoms with Gasteiger partial charge in [0.15, 0.2) is 0 Å². The summed E-state index contributed by atoms with van der Waals surface area (Å²) in [6.45, 7) is 3.83. The van der Waals surface area contributed by atoms with E-state index in [9.17, 15) is 0 Å². The van der Waals surface area contributed by atoms with Gasteiger partial charge in [0.2, 0.25) is 0 Å². The molecule has 106 valence electrons. The minimum Gasteiger partial charge on any atom is -0.309 e. The first-order valence-electron chi connectivity index (χ1n) is 7.03. The third-order valence-electron chi connectivity index (χ3n) is 3.69. The monoisotopic (exact) mass is 340 g/mol. The zero-order valence-electron chi connectivity index (χ0n) is 11.9. The molecule has 21 heavy (non-hydrogen) atoms. The highest BCUT2D eigenvalue weighted by molar-refractivity contribution is 9.10. The van der Waals surface area contributed by atoms with Crippen molar-refractivity contribution in [3.63, 3.8) is 0 Å². The number of nitrogens with zero attached hydrogens (tertiary/aromatic N) is 1. The van der Waals surface area contributed by atoms with Gasteiger partial charge in [0.1, 0.15) is 0 Å². The molecule has 1 N–H and O–H groups in total. The first-order valence-corrected chi connectivity index (χ1v) is 7.82. The van der Waals surface area contributed by atoms with Crippen molar-refractivity contribution in [1.29, 1.82) is 0 Å². The van der Waals surface area contributed by atoms with E-state index in [2.05, 4.69) is 75.6 Å². The van der Waals surface area contributed by atoms with Gasteiger partial charge in [0.05, 0.1) is 5.52 Å². The summed E-state index contributed by atoms with van der Waals surface area (Å²) in [5.74, 6) is 0. The van der Waals surface area contributed by atoms with Gasteiger partial charge in [-0.2, -0.15) is 0 Å². The second kappa shape index (κ2) is 6.37. The number of halogens is 1. The number of hydrogen-bond acceptors (Lipinski definition) is 2. The van der Waals surface area contributed by atoms with Crippen LogP contribution in [-0.4, -0.2) is 4.98 Å². The highest BCUT2D eigenvalue weighted by Crippen LogP contribution is 2.25. The Balaban J connectivity index is 1.77. The molecule has 3 aromatic rings. The van der Waals surface area contributed by atoms with E-state index in [1.165, 1.54) is 16.7 Å². The van der Waals surface area contributed by atoms with Gasteiger partial charge in [-0.3, -0.25) is 4.98 Å². The number of rotatable bonds is 4. The predicted molar refractivity (Wildman–Crippen MR) is 91.2 cm³/mol. The van der Waals surface area contributed by atoms with E-state index in [0.29, 0.717) is 0 Å². The lowest BCUT2D eigenvalue weighted by Gasteiger charge is -2.10. The molecule has 0 unspecified atom stereocenters. The van der Waals surface area contributed by atoms with Crippen LogP contribution >= 0.6 is 15.9 Å². The molecule has 1 heterocycles. The number of aromatic nitrogens is 1. The molecule has 0 fully saturated rings. The van der Waals surface area contributed by atoms with Crippen molar-refractivity contribution in [2.24, 2.45) is 0 Å². The molecule has 0 bridgehead atoms. The quantitative estimate of drug-likeness (QED) is 0.750. The van der Waals surface area contributed by atoms with E-state index in [0.717, 1.165) is 28.5 Å². The summed E-state index contributed by atoms with van der Waals surface area (Å²) in [5.41, 5.74) is 4.95. The van der Waals surface area contributed by atoms with Gasteiger partial charge in [-0.05, 0) is 35.7 Å². The number of hydrogen-bond donors (Lipinski definition) is 1. The van der Waals surface area contributed by atoms with Gasteiger partial charge >= 0.3 is 0 Å². The number of pyridine rings is 1. The maximum Gasteiger partial charge on any atom is 0.0758 e. The van der Waals surface area contributed by atoms with Crippen LogP contribution in [0.3, 0.4) is 0 Å². The summed E-state index contributed by atoms with van der Waals surface area (Å²) in [7, 11) is 0. The number of aryl methyl sites for hydroxylation is 1. The zero-order chi connectivity index (χ0) is 14.7. The average molecular weight is 341 g/mol. The lowest BCUT2D eigenvalue weighted by atomic mass is 10.1. The van der Waals surface area contributed by atoms with Crippen molar-refractivity contribution < 1.29 is 0 Å². The first-order chi connectivity index (χ1) is 10.3. The largest absolute Gasteiger partial charge is 0.309 e. The van der Waals surface area contributed by atoms with Crippen LogP contribution < -0.4 is 5.32 Å². The number of nitrogens with one attached hydrogen (secondary N) is 1. The van der Waals surface area contributed by atoms with Gasteiger partial charge in [-0.1, -0.05) is 52.3 Å². The summed E-state index contributed by atoms with van der Waals surface area (Å²) >= 11 is 3.59. The maximum atomic E-state index is 4.52. The third kappa shape index (κ3) is 3.14. The molecule has 2 nitrogen and oxygen atoms in total. The van der Waals surface area contributed by atoms with Gasteiger partial charge in [0.25, 0.3) is 0 Å². The van der Waals surface area contributed by atoms with Crippen LogP contribution in [0.25, 0.3) is 10.9 Å². The van der Waals surface area contributed by atoms with Crippen molar-refractivity contribution in [2.75, 3.05) is 0 Å². The lowest BCUT2D eigenvalue weighted by Crippen LogP contribution is -2.14. The van der Waals surface area contributed by atoms with Gasteiger partial charge in [-0.15, -0.1) is 0 Å². The Morgan fingerprint density at radius 3 is 2.62 bits per heavy atom. The molecule has 0 amide bonds. The van der Waals surface area contributed by atoms with Crippen molar-refractivity contribution in [2.45, 2.75) is 20.0 Å². The molecule has 1 aromatic heterocycles. The Kier molecular flexibility index (Phi) is 4.32. The average Bonchev–Trinajstić information content (AvgIpc) is 2.52. The number of benzene rings is 2. The first kappa shape index (κ1) is 14.2. The zero-order valence-corrected chi connectivity index (χ0v) is 13.5.